The summed E-state index contributed by atoms with van der Waals surface area (Å²) >= 11 is 2.11. The number of hydrogen-bond donors (Lipinski definition) is 1. The van der Waals surface area contributed by atoms with Crippen LogP contribution < -0.4 is 5.32 Å². The predicted octanol–water partition coefficient (Wildman–Crippen LogP) is 4.09. The van der Waals surface area contributed by atoms with Crippen LogP contribution in [-0.2, 0) is 4.74 Å². The molecule has 4 unspecified atom stereocenters. The number of hydrogen-bond acceptors (Lipinski definition) is 3. The van der Waals surface area contributed by atoms with Gasteiger partial charge >= 0.3 is 0 Å². The fourth-order valence-corrected chi connectivity index (χ4v) is 6.17. The lowest BCUT2D eigenvalue weighted by atomic mass is 9.67. The summed E-state index contributed by atoms with van der Waals surface area (Å²) in [7, 11) is 0. The molecule has 2 aliphatic heterocycles. The maximum Gasteiger partial charge on any atom is 0.0783 e. The van der Waals surface area contributed by atoms with E-state index < -0.39 is 0 Å². The molecule has 0 aromatic rings. The van der Waals surface area contributed by atoms with Crippen molar-refractivity contribution in [3.63, 3.8) is 0 Å². The zero-order valence-electron chi connectivity index (χ0n) is 13.9. The molecule has 3 rings (SSSR count). The first-order valence-electron chi connectivity index (χ1n) is 9.14. The Labute approximate surface area is 135 Å². The zero-order chi connectivity index (χ0) is 14.7. The Kier molecular flexibility index (Phi) is 5.55. The lowest BCUT2D eigenvalue weighted by Gasteiger charge is -2.45. The van der Waals surface area contributed by atoms with Gasteiger partial charge in [-0.2, -0.15) is 11.8 Å². The molecule has 3 aliphatic rings. The van der Waals surface area contributed by atoms with E-state index in [-0.39, 0.29) is 5.60 Å². The van der Waals surface area contributed by atoms with E-state index in [1.54, 1.807) is 0 Å². The van der Waals surface area contributed by atoms with Crippen molar-refractivity contribution in [2.45, 2.75) is 70.4 Å². The summed E-state index contributed by atoms with van der Waals surface area (Å²) in [6.45, 7) is 6.81. The van der Waals surface area contributed by atoms with Crippen molar-refractivity contribution in [1.29, 1.82) is 0 Å². The normalized spacial score (nSPS) is 41.0. The topological polar surface area (TPSA) is 21.3 Å². The molecule has 2 nitrogen and oxygen atoms in total. The predicted molar refractivity (Wildman–Crippen MR) is 91.9 cm³/mol. The molecule has 1 spiro atoms. The zero-order valence-corrected chi connectivity index (χ0v) is 14.7. The third kappa shape index (κ3) is 3.97. The number of thioether (sulfide) groups is 1. The minimum atomic E-state index is 0.265. The molecule has 122 valence electrons. The average molecular weight is 312 g/mol. The van der Waals surface area contributed by atoms with Gasteiger partial charge in [0.25, 0.3) is 0 Å². The van der Waals surface area contributed by atoms with Crippen LogP contribution in [0.4, 0.5) is 0 Å². The van der Waals surface area contributed by atoms with Gasteiger partial charge in [0.05, 0.1) is 5.60 Å². The van der Waals surface area contributed by atoms with Crippen molar-refractivity contribution in [1.82, 2.24) is 5.32 Å². The summed E-state index contributed by atoms with van der Waals surface area (Å²) in [5, 5.41) is 3.71. The van der Waals surface area contributed by atoms with E-state index in [1.807, 2.05) is 0 Å². The quantitative estimate of drug-likeness (QED) is 0.845. The molecule has 21 heavy (non-hydrogen) atoms. The molecule has 0 aromatic carbocycles. The van der Waals surface area contributed by atoms with Gasteiger partial charge in [-0.05, 0) is 62.2 Å². The Morgan fingerprint density at radius 2 is 2.10 bits per heavy atom. The van der Waals surface area contributed by atoms with Crippen molar-refractivity contribution in [2.24, 2.45) is 17.8 Å². The van der Waals surface area contributed by atoms with Crippen LogP contribution in [0.3, 0.4) is 0 Å². The van der Waals surface area contributed by atoms with Crippen molar-refractivity contribution < 1.29 is 4.74 Å². The van der Waals surface area contributed by atoms with Crippen molar-refractivity contribution in [3.8, 4) is 0 Å². The molecular weight excluding hydrogens is 278 g/mol. The van der Waals surface area contributed by atoms with E-state index in [1.165, 1.54) is 63.0 Å². The molecular formula is C18H33NOS. The molecule has 0 bridgehead atoms. The SMILES string of the molecule is CC(C)NCC1CCCCC1C1CCOC2(CCSC2)C1. The molecule has 4 atom stereocenters. The first kappa shape index (κ1) is 16.1. The van der Waals surface area contributed by atoms with Gasteiger partial charge in [-0.15, -0.1) is 0 Å². The van der Waals surface area contributed by atoms with Crippen LogP contribution in [0.2, 0.25) is 0 Å². The van der Waals surface area contributed by atoms with E-state index in [4.69, 9.17) is 4.74 Å². The van der Waals surface area contributed by atoms with E-state index in [9.17, 15) is 0 Å². The van der Waals surface area contributed by atoms with E-state index in [0.29, 0.717) is 6.04 Å². The molecule has 0 amide bonds. The van der Waals surface area contributed by atoms with Gasteiger partial charge < -0.3 is 10.1 Å². The van der Waals surface area contributed by atoms with E-state index >= 15 is 0 Å². The van der Waals surface area contributed by atoms with Gasteiger partial charge in [-0.3, -0.25) is 0 Å². The molecule has 0 radical (unpaired) electrons. The summed E-state index contributed by atoms with van der Waals surface area (Å²) in [6, 6.07) is 0.625. The van der Waals surface area contributed by atoms with Crippen LogP contribution in [0, 0.1) is 17.8 Å². The van der Waals surface area contributed by atoms with Gasteiger partial charge in [-0.1, -0.05) is 26.7 Å². The summed E-state index contributed by atoms with van der Waals surface area (Å²) in [6.07, 6.45) is 9.79. The number of ether oxygens (including phenoxy) is 1. The molecule has 0 aromatic heterocycles. The fourth-order valence-electron chi connectivity index (χ4n) is 4.79. The summed E-state index contributed by atoms with van der Waals surface area (Å²) in [5.74, 6) is 5.37. The molecule has 3 heteroatoms. The Hall–Kier alpha value is 0.270. The second-order valence-corrected chi connectivity index (χ2v) is 8.96. The van der Waals surface area contributed by atoms with Gasteiger partial charge in [0.2, 0.25) is 0 Å². The lowest BCUT2D eigenvalue weighted by molar-refractivity contribution is -0.0966. The van der Waals surface area contributed by atoms with Crippen molar-refractivity contribution >= 4 is 11.8 Å². The van der Waals surface area contributed by atoms with Crippen molar-refractivity contribution in [3.05, 3.63) is 0 Å². The Morgan fingerprint density at radius 3 is 2.86 bits per heavy atom. The van der Waals surface area contributed by atoms with Gasteiger partial charge in [0.15, 0.2) is 0 Å². The van der Waals surface area contributed by atoms with Crippen LogP contribution in [0.25, 0.3) is 0 Å². The molecule has 1 aliphatic carbocycles. The third-order valence-electron chi connectivity index (χ3n) is 5.96. The van der Waals surface area contributed by atoms with Crippen LogP contribution in [0.5, 0.6) is 0 Å². The Morgan fingerprint density at radius 1 is 1.24 bits per heavy atom. The maximum absolute atomic E-state index is 6.24. The molecule has 1 saturated carbocycles. The monoisotopic (exact) mass is 311 g/mol. The van der Waals surface area contributed by atoms with Crippen LogP contribution >= 0.6 is 11.8 Å². The van der Waals surface area contributed by atoms with Crippen LogP contribution in [0.1, 0.15) is 58.8 Å². The largest absolute Gasteiger partial charge is 0.374 e. The highest BCUT2D eigenvalue weighted by atomic mass is 32.2. The first-order valence-corrected chi connectivity index (χ1v) is 10.3. The summed E-state index contributed by atoms with van der Waals surface area (Å²) in [5.41, 5.74) is 0.265. The summed E-state index contributed by atoms with van der Waals surface area (Å²) < 4.78 is 6.24. The Balaban J connectivity index is 1.62. The highest BCUT2D eigenvalue weighted by Crippen LogP contribution is 2.46. The highest BCUT2D eigenvalue weighted by molar-refractivity contribution is 7.99. The minimum Gasteiger partial charge on any atom is -0.374 e. The Bertz CT molecular complexity index is 327. The van der Waals surface area contributed by atoms with Gasteiger partial charge in [0, 0.05) is 18.4 Å². The number of nitrogens with one attached hydrogen (secondary N) is 1. The lowest BCUT2D eigenvalue weighted by Crippen LogP contribution is -2.45. The van der Waals surface area contributed by atoms with Gasteiger partial charge in [-0.25, -0.2) is 0 Å². The van der Waals surface area contributed by atoms with E-state index in [0.717, 1.165) is 24.4 Å². The smallest absolute Gasteiger partial charge is 0.0783 e. The molecule has 2 heterocycles. The van der Waals surface area contributed by atoms with Gasteiger partial charge in [0.1, 0.15) is 0 Å². The van der Waals surface area contributed by atoms with E-state index in [2.05, 4.69) is 30.9 Å². The molecule has 3 fully saturated rings. The first-order chi connectivity index (χ1) is 10.2. The second-order valence-electron chi connectivity index (χ2n) is 7.86. The standard InChI is InChI=1S/C18H33NOS/c1-14(2)19-12-16-5-3-4-6-17(16)15-7-9-20-18(11-15)8-10-21-13-18/h14-17,19H,3-13H2,1-2H3. The average Bonchev–Trinajstić information content (AvgIpc) is 2.93. The minimum absolute atomic E-state index is 0.265. The maximum atomic E-state index is 6.24. The molecule has 1 N–H and O–H groups in total. The summed E-state index contributed by atoms with van der Waals surface area (Å²) in [4.78, 5) is 0. The molecule has 2 saturated heterocycles. The third-order valence-corrected chi connectivity index (χ3v) is 7.18. The van der Waals surface area contributed by atoms with Crippen LogP contribution in [0.15, 0.2) is 0 Å². The number of rotatable bonds is 4. The fraction of sp³-hybridized carbons (Fsp3) is 1.00. The second kappa shape index (κ2) is 7.23. The van der Waals surface area contributed by atoms with Crippen LogP contribution in [-0.4, -0.2) is 36.3 Å². The highest BCUT2D eigenvalue weighted by Gasteiger charge is 2.44. The van der Waals surface area contributed by atoms with Crippen molar-refractivity contribution in [2.75, 3.05) is 24.7 Å².